The predicted molar refractivity (Wildman–Crippen MR) is 67.9 cm³/mol. The van der Waals surface area contributed by atoms with Gasteiger partial charge in [0, 0.05) is 32.5 Å². The second kappa shape index (κ2) is 6.17. The summed E-state index contributed by atoms with van der Waals surface area (Å²) < 4.78 is 7.65. The van der Waals surface area contributed by atoms with Gasteiger partial charge in [-0.05, 0) is 26.7 Å². The molecular weight excluding hydrogens is 216 g/mol. The fraction of sp³-hybridized carbons (Fsp3) is 0.769. The summed E-state index contributed by atoms with van der Waals surface area (Å²) in [5.74, 6) is 0.999. The van der Waals surface area contributed by atoms with Crippen LogP contribution in [0.2, 0.25) is 0 Å². The van der Waals surface area contributed by atoms with Crippen LogP contribution < -0.4 is 0 Å². The van der Waals surface area contributed by atoms with Crippen LogP contribution in [0.15, 0.2) is 12.4 Å². The lowest BCUT2D eigenvalue weighted by molar-refractivity contribution is -0.113. The highest BCUT2D eigenvalue weighted by atomic mass is 16.5. The minimum atomic E-state index is -0.454. The van der Waals surface area contributed by atoms with E-state index in [1.165, 1.54) is 0 Å². The number of nitrogens with zero attached hydrogens (tertiary/aromatic N) is 2. The van der Waals surface area contributed by atoms with Crippen molar-refractivity contribution >= 4 is 0 Å². The van der Waals surface area contributed by atoms with Crippen molar-refractivity contribution in [3.05, 3.63) is 18.2 Å². The highest BCUT2D eigenvalue weighted by molar-refractivity contribution is 4.93. The zero-order valence-electron chi connectivity index (χ0n) is 11.3. The first kappa shape index (κ1) is 14.2. The maximum absolute atomic E-state index is 10.2. The largest absolute Gasteiger partial charge is 0.390 e. The maximum Gasteiger partial charge on any atom is 0.108 e. The van der Waals surface area contributed by atoms with Gasteiger partial charge in [0.15, 0.2) is 0 Å². The first-order valence-electron chi connectivity index (χ1n) is 6.31. The van der Waals surface area contributed by atoms with Gasteiger partial charge in [-0.25, -0.2) is 4.98 Å². The van der Waals surface area contributed by atoms with E-state index in [0.29, 0.717) is 13.0 Å². The van der Waals surface area contributed by atoms with Crippen LogP contribution >= 0.6 is 0 Å². The van der Waals surface area contributed by atoms with Crippen LogP contribution in [0.4, 0.5) is 0 Å². The normalized spacial score (nSPS) is 16.8. The van der Waals surface area contributed by atoms with Crippen LogP contribution in [0.25, 0.3) is 0 Å². The monoisotopic (exact) mass is 240 g/mol. The summed E-state index contributed by atoms with van der Waals surface area (Å²) in [4.78, 5) is 4.25. The molecule has 0 aromatic carbocycles. The van der Waals surface area contributed by atoms with Gasteiger partial charge in [-0.15, -0.1) is 0 Å². The van der Waals surface area contributed by atoms with E-state index in [0.717, 1.165) is 18.7 Å². The summed E-state index contributed by atoms with van der Waals surface area (Å²) in [6.07, 6.45) is 5.50. The molecule has 17 heavy (non-hydrogen) atoms. The fourth-order valence-corrected chi connectivity index (χ4v) is 1.97. The number of aromatic nitrogens is 2. The third kappa shape index (κ3) is 3.54. The van der Waals surface area contributed by atoms with Gasteiger partial charge in [0.1, 0.15) is 5.82 Å². The van der Waals surface area contributed by atoms with Crippen molar-refractivity contribution in [3.8, 4) is 0 Å². The molecule has 1 N–H and O–H groups in total. The number of aliphatic hydroxyl groups excluding tert-OH is 1. The molecule has 2 atom stereocenters. The number of hydrogen-bond acceptors (Lipinski definition) is 3. The Hall–Kier alpha value is -0.870. The molecule has 98 valence electrons. The highest BCUT2D eigenvalue weighted by Crippen LogP contribution is 2.23. The summed E-state index contributed by atoms with van der Waals surface area (Å²) in [6, 6.07) is 0. The molecule has 1 aromatic heterocycles. The molecule has 0 saturated carbocycles. The molecule has 0 aliphatic heterocycles. The van der Waals surface area contributed by atoms with Gasteiger partial charge in [-0.1, -0.05) is 6.92 Å². The van der Waals surface area contributed by atoms with Gasteiger partial charge < -0.3 is 14.4 Å². The second-order valence-corrected chi connectivity index (χ2v) is 4.61. The summed E-state index contributed by atoms with van der Waals surface area (Å²) in [5, 5.41) is 10.2. The van der Waals surface area contributed by atoms with Crippen molar-refractivity contribution in [1.82, 2.24) is 9.55 Å². The minimum Gasteiger partial charge on any atom is -0.390 e. The van der Waals surface area contributed by atoms with Gasteiger partial charge in [0.25, 0.3) is 0 Å². The van der Waals surface area contributed by atoms with Gasteiger partial charge in [0.2, 0.25) is 0 Å². The number of aliphatic hydroxyl groups is 1. The van der Waals surface area contributed by atoms with Gasteiger partial charge >= 0.3 is 0 Å². The lowest BCUT2D eigenvalue weighted by Gasteiger charge is -2.33. The number of imidazole rings is 1. The summed E-state index contributed by atoms with van der Waals surface area (Å²) in [5.41, 5.74) is -0.445. The molecule has 4 heteroatoms. The zero-order chi connectivity index (χ0) is 12.9. The Labute approximate surface area is 104 Å². The molecule has 1 rings (SSSR count). The van der Waals surface area contributed by atoms with Crippen LogP contribution in [-0.2, 0) is 18.2 Å². The van der Waals surface area contributed by atoms with Gasteiger partial charge in [-0.2, -0.15) is 0 Å². The molecule has 4 nitrogen and oxygen atoms in total. The Morgan fingerprint density at radius 2 is 2.24 bits per heavy atom. The van der Waals surface area contributed by atoms with E-state index in [2.05, 4.69) is 4.98 Å². The van der Waals surface area contributed by atoms with E-state index in [-0.39, 0.29) is 0 Å². The van der Waals surface area contributed by atoms with Crippen LogP contribution in [0.5, 0.6) is 0 Å². The molecule has 2 unspecified atom stereocenters. The Morgan fingerprint density at radius 1 is 1.53 bits per heavy atom. The van der Waals surface area contributed by atoms with Crippen molar-refractivity contribution in [2.24, 2.45) is 7.05 Å². The fourth-order valence-electron chi connectivity index (χ4n) is 1.97. The van der Waals surface area contributed by atoms with Crippen molar-refractivity contribution < 1.29 is 9.84 Å². The number of aryl methyl sites for hydroxylation is 2. The average Bonchev–Trinajstić information content (AvgIpc) is 2.72. The van der Waals surface area contributed by atoms with Crippen LogP contribution in [0, 0.1) is 0 Å². The van der Waals surface area contributed by atoms with E-state index >= 15 is 0 Å². The van der Waals surface area contributed by atoms with Crippen molar-refractivity contribution in [1.29, 1.82) is 0 Å². The quantitative estimate of drug-likeness (QED) is 0.792. The first-order chi connectivity index (χ1) is 8.03. The Balaban J connectivity index is 2.53. The summed E-state index contributed by atoms with van der Waals surface area (Å²) >= 11 is 0. The smallest absolute Gasteiger partial charge is 0.108 e. The first-order valence-corrected chi connectivity index (χ1v) is 6.31. The molecule has 0 aliphatic carbocycles. The molecule has 0 radical (unpaired) electrons. The van der Waals surface area contributed by atoms with E-state index in [1.807, 2.05) is 38.6 Å². The molecule has 0 saturated heterocycles. The molecular formula is C13H24N2O2. The van der Waals surface area contributed by atoms with E-state index in [4.69, 9.17) is 4.74 Å². The summed E-state index contributed by atoms with van der Waals surface area (Å²) in [7, 11) is 1.97. The maximum atomic E-state index is 10.2. The van der Waals surface area contributed by atoms with Gasteiger partial charge in [-0.3, -0.25) is 0 Å². The third-order valence-corrected chi connectivity index (χ3v) is 3.44. The van der Waals surface area contributed by atoms with Crippen molar-refractivity contribution in [2.75, 3.05) is 6.61 Å². The van der Waals surface area contributed by atoms with E-state index in [1.54, 1.807) is 6.20 Å². The average molecular weight is 240 g/mol. The molecule has 0 aliphatic rings. The van der Waals surface area contributed by atoms with Crippen LogP contribution in [-0.4, -0.2) is 33.0 Å². The van der Waals surface area contributed by atoms with E-state index < -0.39 is 11.7 Å². The van der Waals surface area contributed by atoms with Crippen LogP contribution in [0.3, 0.4) is 0 Å². The number of hydrogen-bond donors (Lipinski definition) is 1. The van der Waals surface area contributed by atoms with Crippen molar-refractivity contribution in [3.63, 3.8) is 0 Å². The third-order valence-electron chi connectivity index (χ3n) is 3.44. The number of ether oxygens (including phenoxy) is 1. The standard InChI is InChI=1S/C13H24N2O2/c1-5-13(3,17-6-2)11(16)7-8-12-14-9-10-15(12)4/h9-11,16H,5-8H2,1-4H3. The molecule has 0 amide bonds. The molecule has 0 bridgehead atoms. The molecule has 0 spiro atoms. The topological polar surface area (TPSA) is 47.3 Å². The minimum absolute atomic E-state index is 0.445. The lowest BCUT2D eigenvalue weighted by atomic mass is 9.92. The molecule has 0 fully saturated rings. The zero-order valence-corrected chi connectivity index (χ0v) is 11.3. The Bertz CT molecular complexity index is 338. The van der Waals surface area contributed by atoms with E-state index in [9.17, 15) is 5.11 Å². The number of rotatable bonds is 7. The van der Waals surface area contributed by atoms with Crippen LogP contribution in [0.1, 0.15) is 39.4 Å². The second-order valence-electron chi connectivity index (χ2n) is 4.61. The Kier molecular flexibility index (Phi) is 5.15. The SMILES string of the molecule is CCOC(C)(CC)C(O)CCc1nccn1C. The molecule has 1 aromatic rings. The molecule has 1 heterocycles. The predicted octanol–water partition coefficient (Wildman–Crippen LogP) is 1.92. The van der Waals surface area contributed by atoms with Gasteiger partial charge in [0.05, 0.1) is 11.7 Å². The summed E-state index contributed by atoms with van der Waals surface area (Å²) in [6.45, 7) is 6.60. The Morgan fingerprint density at radius 3 is 2.71 bits per heavy atom. The highest BCUT2D eigenvalue weighted by Gasteiger charge is 2.31. The van der Waals surface area contributed by atoms with Crippen molar-refractivity contribution in [2.45, 2.75) is 51.7 Å². The lowest BCUT2D eigenvalue weighted by Crippen LogP contribution is -2.42.